The molecule has 2 atom stereocenters. The average Bonchev–Trinajstić information content (AvgIpc) is 3.35. The maximum absolute atomic E-state index is 12.5. The number of aromatic amines is 1. The molecule has 39 heavy (non-hydrogen) atoms. The van der Waals surface area contributed by atoms with Gasteiger partial charge in [-0.25, -0.2) is 4.98 Å². The minimum absolute atomic E-state index is 0.0699. The maximum atomic E-state index is 12.5. The van der Waals surface area contributed by atoms with Gasteiger partial charge in [-0.1, -0.05) is 60.7 Å². The fourth-order valence-corrected chi connectivity index (χ4v) is 3.78. The van der Waals surface area contributed by atoms with Gasteiger partial charge >= 0.3 is 11.9 Å². The van der Waals surface area contributed by atoms with Crippen molar-refractivity contribution in [2.45, 2.75) is 38.1 Å². The number of aryl methyl sites for hydroxylation is 1. The minimum Gasteiger partial charge on any atom is -0.463 e. The highest BCUT2D eigenvalue weighted by atomic mass is 16.6. The lowest BCUT2D eigenvalue weighted by molar-refractivity contribution is -0.158. The van der Waals surface area contributed by atoms with Crippen LogP contribution in [0.2, 0.25) is 0 Å². The Hall–Kier alpha value is -4.55. The van der Waals surface area contributed by atoms with Gasteiger partial charge in [0.25, 0.3) is 5.56 Å². The van der Waals surface area contributed by atoms with Gasteiger partial charge in [0, 0.05) is 6.42 Å². The van der Waals surface area contributed by atoms with Crippen molar-refractivity contribution in [2.75, 3.05) is 18.9 Å². The number of imidazole rings is 1. The fourth-order valence-electron chi connectivity index (χ4n) is 3.78. The number of hydrogen-bond acceptors (Lipinski definition) is 10. The van der Waals surface area contributed by atoms with Crippen molar-refractivity contribution < 1.29 is 23.8 Å². The third-order valence-corrected chi connectivity index (χ3v) is 5.85. The number of hydrogen-bond donors (Lipinski definition) is 3. The molecule has 0 spiro atoms. The van der Waals surface area contributed by atoms with Gasteiger partial charge in [-0.05, 0) is 24.0 Å². The second kappa shape index (κ2) is 13.3. The van der Waals surface area contributed by atoms with Gasteiger partial charge in [0.05, 0.1) is 6.33 Å². The molecule has 0 aliphatic carbocycles. The lowest BCUT2D eigenvalue weighted by atomic mass is 10.1. The topological polar surface area (TPSA) is 177 Å². The number of rotatable bonds is 13. The molecular formula is C27H30N6O6. The van der Waals surface area contributed by atoms with Crippen molar-refractivity contribution in [3.05, 3.63) is 88.5 Å². The number of nitrogens with one attached hydrogen (secondary N) is 1. The summed E-state index contributed by atoms with van der Waals surface area (Å²) >= 11 is 0. The number of aromatic nitrogens is 4. The van der Waals surface area contributed by atoms with E-state index >= 15 is 0 Å². The molecular weight excluding hydrogens is 504 g/mol. The predicted molar refractivity (Wildman–Crippen MR) is 142 cm³/mol. The molecule has 0 fully saturated rings. The number of benzene rings is 2. The van der Waals surface area contributed by atoms with E-state index in [0.717, 1.165) is 11.1 Å². The van der Waals surface area contributed by atoms with Crippen LogP contribution in [0.4, 0.5) is 5.95 Å². The summed E-state index contributed by atoms with van der Waals surface area (Å²) in [7, 11) is 0. The van der Waals surface area contributed by atoms with Crippen LogP contribution >= 0.6 is 0 Å². The van der Waals surface area contributed by atoms with E-state index in [1.165, 1.54) is 10.9 Å². The first-order valence-corrected chi connectivity index (χ1v) is 12.4. The average molecular weight is 535 g/mol. The Morgan fingerprint density at radius 3 is 2.36 bits per heavy atom. The Kier molecular flexibility index (Phi) is 9.38. The number of nitrogen functional groups attached to an aromatic ring is 1. The second-order valence-corrected chi connectivity index (χ2v) is 8.85. The zero-order chi connectivity index (χ0) is 27.6. The van der Waals surface area contributed by atoms with Crippen LogP contribution in [-0.2, 0) is 43.4 Å². The summed E-state index contributed by atoms with van der Waals surface area (Å²) in [5.41, 5.74) is 13.4. The van der Waals surface area contributed by atoms with E-state index in [2.05, 4.69) is 15.0 Å². The molecule has 4 rings (SSSR count). The number of esters is 2. The molecule has 4 aromatic rings. The summed E-state index contributed by atoms with van der Waals surface area (Å²) in [4.78, 5) is 47.5. The molecule has 0 aliphatic rings. The first-order chi connectivity index (χ1) is 18.9. The van der Waals surface area contributed by atoms with E-state index in [-0.39, 0.29) is 43.5 Å². The van der Waals surface area contributed by atoms with E-state index in [1.807, 2.05) is 60.7 Å². The standard InChI is InChI=1S/C27H30N6O6/c28-21(13-19-9-5-2-6-10-19)26(36)38-15-20(14-37-22(34)12-11-18-7-3-1-4-8-18)39-17-33-16-30-23-24(33)31-27(29)32-25(23)35/h1-10,16,20-21H,11-15,17,28H2,(H3,29,31,32,35). The Morgan fingerprint density at radius 2 is 1.64 bits per heavy atom. The predicted octanol–water partition coefficient (Wildman–Crippen LogP) is 1.33. The Morgan fingerprint density at radius 1 is 0.974 bits per heavy atom. The van der Waals surface area contributed by atoms with Crippen LogP contribution in [0.1, 0.15) is 17.5 Å². The van der Waals surface area contributed by atoms with E-state index in [4.69, 9.17) is 25.7 Å². The number of anilines is 1. The van der Waals surface area contributed by atoms with Crippen molar-refractivity contribution in [3.63, 3.8) is 0 Å². The summed E-state index contributed by atoms with van der Waals surface area (Å²) < 4.78 is 18.1. The molecule has 0 amide bonds. The fraction of sp³-hybridized carbons (Fsp3) is 0.296. The monoisotopic (exact) mass is 534 g/mol. The second-order valence-electron chi connectivity index (χ2n) is 8.85. The molecule has 0 aliphatic heterocycles. The third-order valence-electron chi connectivity index (χ3n) is 5.85. The Balaban J connectivity index is 1.36. The van der Waals surface area contributed by atoms with Crippen molar-refractivity contribution >= 4 is 29.1 Å². The van der Waals surface area contributed by atoms with Crippen LogP contribution in [0.25, 0.3) is 11.2 Å². The van der Waals surface area contributed by atoms with Crippen molar-refractivity contribution in [1.29, 1.82) is 0 Å². The molecule has 12 heteroatoms. The van der Waals surface area contributed by atoms with Gasteiger partial charge < -0.3 is 25.7 Å². The Bertz CT molecular complexity index is 1440. The molecule has 0 bridgehead atoms. The first-order valence-electron chi connectivity index (χ1n) is 12.4. The zero-order valence-corrected chi connectivity index (χ0v) is 21.2. The van der Waals surface area contributed by atoms with Crippen LogP contribution in [0.5, 0.6) is 0 Å². The van der Waals surface area contributed by atoms with Crippen LogP contribution in [-0.4, -0.2) is 56.8 Å². The molecule has 2 heterocycles. The van der Waals surface area contributed by atoms with Gasteiger partial charge in [0.15, 0.2) is 11.2 Å². The number of H-pyrrole nitrogens is 1. The smallest absolute Gasteiger partial charge is 0.323 e. The third kappa shape index (κ3) is 7.97. The van der Waals surface area contributed by atoms with Gasteiger partial charge in [-0.3, -0.25) is 23.9 Å². The van der Waals surface area contributed by atoms with Crippen molar-refractivity contribution in [2.24, 2.45) is 5.73 Å². The molecule has 0 radical (unpaired) electrons. The lowest BCUT2D eigenvalue weighted by Gasteiger charge is -2.20. The number of carbonyl (C=O) groups is 2. The number of nitrogens with zero attached hydrogens (tertiary/aromatic N) is 3. The molecule has 2 aromatic carbocycles. The Labute approximate surface area is 223 Å². The summed E-state index contributed by atoms with van der Waals surface area (Å²) in [5.74, 6) is -1.11. The zero-order valence-electron chi connectivity index (χ0n) is 21.2. The first kappa shape index (κ1) is 27.5. The minimum atomic E-state index is -0.877. The molecule has 0 saturated heterocycles. The summed E-state index contributed by atoms with van der Waals surface area (Å²) in [6.45, 7) is -0.500. The molecule has 0 saturated carbocycles. The largest absolute Gasteiger partial charge is 0.463 e. The molecule has 5 N–H and O–H groups in total. The van der Waals surface area contributed by atoms with Gasteiger partial charge in [0.1, 0.15) is 32.1 Å². The highest BCUT2D eigenvalue weighted by Crippen LogP contribution is 2.10. The van der Waals surface area contributed by atoms with E-state index < -0.39 is 29.6 Å². The number of nitrogens with two attached hydrogens (primary N) is 2. The van der Waals surface area contributed by atoms with Crippen molar-refractivity contribution in [3.8, 4) is 0 Å². The maximum Gasteiger partial charge on any atom is 0.323 e. The highest BCUT2D eigenvalue weighted by molar-refractivity contribution is 5.76. The van der Waals surface area contributed by atoms with E-state index in [0.29, 0.717) is 12.8 Å². The highest BCUT2D eigenvalue weighted by Gasteiger charge is 2.21. The summed E-state index contributed by atoms with van der Waals surface area (Å²) in [5, 5.41) is 0. The normalized spacial score (nSPS) is 12.6. The van der Waals surface area contributed by atoms with Crippen LogP contribution in [0.15, 0.2) is 71.8 Å². The number of ether oxygens (including phenoxy) is 3. The molecule has 2 unspecified atom stereocenters. The number of carbonyl (C=O) groups excluding carboxylic acids is 2. The summed E-state index contributed by atoms with van der Waals surface area (Å²) in [6, 6.07) is 18.0. The van der Waals surface area contributed by atoms with E-state index in [1.54, 1.807) is 0 Å². The van der Waals surface area contributed by atoms with Gasteiger partial charge in [-0.2, -0.15) is 4.98 Å². The van der Waals surface area contributed by atoms with E-state index in [9.17, 15) is 14.4 Å². The SMILES string of the molecule is Nc1nc2c(ncn2COC(COC(=O)CCc2ccccc2)COC(=O)C(N)Cc2ccccc2)c(=O)[nH]1. The van der Waals surface area contributed by atoms with Gasteiger partial charge in [0.2, 0.25) is 5.95 Å². The lowest BCUT2D eigenvalue weighted by Crippen LogP contribution is -2.37. The van der Waals surface area contributed by atoms with Gasteiger partial charge in [-0.15, -0.1) is 0 Å². The molecule has 12 nitrogen and oxygen atoms in total. The van der Waals surface area contributed by atoms with Crippen LogP contribution in [0, 0.1) is 0 Å². The molecule has 204 valence electrons. The van der Waals surface area contributed by atoms with Crippen LogP contribution < -0.4 is 17.0 Å². The van der Waals surface area contributed by atoms with Crippen molar-refractivity contribution in [1.82, 2.24) is 19.5 Å². The molecule has 2 aromatic heterocycles. The van der Waals surface area contributed by atoms with Crippen LogP contribution in [0.3, 0.4) is 0 Å². The summed E-state index contributed by atoms with van der Waals surface area (Å²) in [6.07, 6.45) is 1.56. The quantitative estimate of drug-likeness (QED) is 0.212. The number of fused-ring (bicyclic) bond motifs is 1.